The van der Waals surface area contributed by atoms with Gasteiger partial charge in [0.2, 0.25) is 0 Å². The quantitative estimate of drug-likeness (QED) is 0.933. The highest BCUT2D eigenvalue weighted by Gasteiger charge is 2.16. The number of halogens is 1. The lowest BCUT2D eigenvalue weighted by Crippen LogP contribution is -2.25. The van der Waals surface area contributed by atoms with E-state index in [0.717, 1.165) is 15.2 Å². The van der Waals surface area contributed by atoms with Crippen molar-refractivity contribution in [1.82, 2.24) is 0 Å². The number of benzene rings is 2. The van der Waals surface area contributed by atoms with E-state index in [1.165, 1.54) is 0 Å². The van der Waals surface area contributed by atoms with Crippen molar-refractivity contribution in [2.75, 3.05) is 0 Å². The molecule has 2 rings (SSSR count). The molecule has 0 aliphatic carbocycles. The molecule has 0 aromatic heterocycles. The molecular formula is C14H13BrO3. The van der Waals surface area contributed by atoms with Crippen LogP contribution in [0.15, 0.2) is 40.9 Å². The van der Waals surface area contributed by atoms with E-state index < -0.39 is 12.1 Å². The maximum absolute atomic E-state index is 10.9. The van der Waals surface area contributed by atoms with E-state index in [1.807, 2.05) is 30.3 Å². The molecule has 3 nitrogen and oxygen atoms in total. The highest BCUT2D eigenvalue weighted by atomic mass is 79.9. The highest BCUT2D eigenvalue weighted by molar-refractivity contribution is 9.10. The first kappa shape index (κ1) is 12.9. The molecule has 0 fully saturated rings. The molecule has 0 aliphatic heterocycles. The first-order chi connectivity index (χ1) is 8.60. The van der Waals surface area contributed by atoms with Crippen molar-refractivity contribution in [2.24, 2.45) is 0 Å². The van der Waals surface area contributed by atoms with Crippen molar-refractivity contribution in [3.8, 4) is 5.75 Å². The second kappa shape index (κ2) is 5.40. The molecule has 1 atom stereocenters. The Kier molecular flexibility index (Phi) is 3.87. The largest absolute Gasteiger partial charge is 0.479 e. The molecule has 0 amide bonds. The molecule has 0 radical (unpaired) electrons. The van der Waals surface area contributed by atoms with Crippen LogP contribution in [0.2, 0.25) is 0 Å². The molecule has 0 aliphatic rings. The monoisotopic (exact) mass is 308 g/mol. The fourth-order valence-corrected chi connectivity index (χ4v) is 2.12. The molecule has 0 heterocycles. The summed E-state index contributed by atoms with van der Waals surface area (Å²) in [5.74, 6) is -0.354. The number of carboxylic acid groups (broad SMARTS) is 1. The van der Waals surface area contributed by atoms with Crippen LogP contribution >= 0.6 is 15.9 Å². The fourth-order valence-electron chi connectivity index (χ4n) is 1.74. The van der Waals surface area contributed by atoms with E-state index >= 15 is 0 Å². The van der Waals surface area contributed by atoms with Gasteiger partial charge in [0.1, 0.15) is 5.75 Å². The number of carboxylic acids is 1. The molecule has 2 aromatic carbocycles. The van der Waals surface area contributed by atoms with Gasteiger partial charge in [-0.2, -0.15) is 0 Å². The second-order valence-electron chi connectivity index (χ2n) is 4.01. The maximum atomic E-state index is 10.9. The molecule has 0 saturated carbocycles. The molecule has 94 valence electrons. The van der Waals surface area contributed by atoms with Gasteiger partial charge in [-0.05, 0) is 41.5 Å². The molecule has 0 spiro atoms. The van der Waals surface area contributed by atoms with Crippen LogP contribution in [0.4, 0.5) is 0 Å². The Morgan fingerprint density at radius 2 is 1.94 bits per heavy atom. The van der Waals surface area contributed by atoms with Gasteiger partial charge in [-0.1, -0.05) is 35.0 Å². The Morgan fingerprint density at radius 3 is 2.61 bits per heavy atom. The first-order valence-corrected chi connectivity index (χ1v) is 6.48. The van der Waals surface area contributed by atoms with Gasteiger partial charge >= 0.3 is 5.97 Å². The zero-order chi connectivity index (χ0) is 13.1. The van der Waals surface area contributed by atoms with Crippen LogP contribution in [0.5, 0.6) is 5.75 Å². The van der Waals surface area contributed by atoms with Crippen LogP contribution in [0.25, 0.3) is 10.8 Å². The summed E-state index contributed by atoms with van der Waals surface area (Å²) in [5, 5.41) is 11.1. The predicted molar refractivity (Wildman–Crippen MR) is 74.0 cm³/mol. The number of carbonyl (C=O) groups is 1. The average Bonchev–Trinajstić information content (AvgIpc) is 2.35. The number of aliphatic carboxylic acids is 1. The molecule has 18 heavy (non-hydrogen) atoms. The molecule has 2 aromatic rings. The normalized spacial score (nSPS) is 12.3. The third-order valence-electron chi connectivity index (χ3n) is 2.70. The summed E-state index contributed by atoms with van der Waals surface area (Å²) >= 11 is 3.41. The van der Waals surface area contributed by atoms with Crippen molar-refractivity contribution in [2.45, 2.75) is 19.4 Å². The van der Waals surface area contributed by atoms with Crippen LogP contribution in [-0.2, 0) is 4.79 Å². The minimum absolute atomic E-state index is 0.438. The molecular weight excluding hydrogens is 296 g/mol. The molecule has 4 heteroatoms. The molecule has 0 saturated heterocycles. The third kappa shape index (κ3) is 2.82. The summed E-state index contributed by atoms with van der Waals surface area (Å²) in [6.45, 7) is 1.79. The number of fused-ring (bicyclic) bond motifs is 1. The highest BCUT2D eigenvalue weighted by Crippen LogP contribution is 2.25. The van der Waals surface area contributed by atoms with Crippen LogP contribution < -0.4 is 4.74 Å². The van der Waals surface area contributed by atoms with E-state index in [2.05, 4.69) is 15.9 Å². The summed E-state index contributed by atoms with van der Waals surface area (Å²) in [6, 6.07) is 11.5. The minimum atomic E-state index is -0.937. The average molecular weight is 309 g/mol. The summed E-state index contributed by atoms with van der Waals surface area (Å²) in [7, 11) is 0. The lowest BCUT2D eigenvalue weighted by atomic mass is 10.1. The lowest BCUT2D eigenvalue weighted by molar-refractivity contribution is -0.145. The Hall–Kier alpha value is -1.55. The SMILES string of the molecule is CC[C@H](Oc1ccc2cc(Br)ccc2c1)C(=O)O. The van der Waals surface area contributed by atoms with Crippen molar-refractivity contribution in [3.05, 3.63) is 40.9 Å². The lowest BCUT2D eigenvalue weighted by Gasteiger charge is -2.13. The maximum Gasteiger partial charge on any atom is 0.344 e. The van der Waals surface area contributed by atoms with Crippen molar-refractivity contribution in [3.63, 3.8) is 0 Å². The Morgan fingerprint density at radius 1 is 1.28 bits per heavy atom. The number of rotatable bonds is 4. The van der Waals surface area contributed by atoms with Gasteiger partial charge in [-0.25, -0.2) is 4.79 Å². The summed E-state index contributed by atoms with van der Waals surface area (Å²) in [4.78, 5) is 10.9. The molecule has 1 N–H and O–H groups in total. The van der Waals surface area contributed by atoms with Crippen LogP contribution in [-0.4, -0.2) is 17.2 Å². The minimum Gasteiger partial charge on any atom is -0.479 e. The van der Waals surface area contributed by atoms with Crippen LogP contribution in [0.1, 0.15) is 13.3 Å². The molecule has 0 unspecified atom stereocenters. The fraction of sp³-hybridized carbons (Fsp3) is 0.214. The van der Waals surface area contributed by atoms with Crippen molar-refractivity contribution >= 4 is 32.7 Å². The smallest absolute Gasteiger partial charge is 0.344 e. The van der Waals surface area contributed by atoms with Gasteiger partial charge in [0.05, 0.1) is 0 Å². The van der Waals surface area contributed by atoms with Crippen LogP contribution in [0, 0.1) is 0 Å². The second-order valence-corrected chi connectivity index (χ2v) is 4.92. The van der Waals surface area contributed by atoms with Gasteiger partial charge < -0.3 is 9.84 Å². The standard InChI is InChI=1S/C14H13BrO3/c1-2-13(14(16)17)18-12-6-4-9-7-11(15)5-3-10(9)8-12/h3-8,13H,2H2,1H3,(H,16,17)/t13-/m0/s1. The number of ether oxygens (including phenoxy) is 1. The van der Waals surface area contributed by atoms with E-state index in [0.29, 0.717) is 12.2 Å². The number of hydrogen-bond acceptors (Lipinski definition) is 2. The summed E-state index contributed by atoms with van der Waals surface area (Å²) in [5.41, 5.74) is 0. The molecule has 0 bridgehead atoms. The first-order valence-electron chi connectivity index (χ1n) is 5.69. The van der Waals surface area contributed by atoms with Crippen molar-refractivity contribution in [1.29, 1.82) is 0 Å². The Labute approximate surface area is 114 Å². The van der Waals surface area contributed by atoms with E-state index in [4.69, 9.17) is 9.84 Å². The zero-order valence-electron chi connectivity index (χ0n) is 9.89. The van der Waals surface area contributed by atoms with Crippen LogP contribution in [0.3, 0.4) is 0 Å². The summed E-state index contributed by atoms with van der Waals surface area (Å²) < 4.78 is 6.47. The number of hydrogen-bond donors (Lipinski definition) is 1. The van der Waals surface area contributed by atoms with Gasteiger partial charge in [0.25, 0.3) is 0 Å². The predicted octanol–water partition coefficient (Wildman–Crippen LogP) is 3.84. The zero-order valence-corrected chi connectivity index (χ0v) is 11.5. The Balaban J connectivity index is 2.30. The summed E-state index contributed by atoms with van der Waals surface area (Å²) in [6.07, 6.45) is -0.355. The van der Waals surface area contributed by atoms with Gasteiger partial charge in [-0.15, -0.1) is 0 Å². The topological polar surface area (TPSA) is 46.5 Å². The van der Waals surface area contributed by atoms with Gasteiger partial charge in [0, 0.05) is 4.47 Å². The van der Waals surface area contributed by atoms with Gasteiger partial charge in [0.15, 0.2) is 6.10 Å². The third-order valence-corrected chi connectivity index (χ3v) is 3.19. The van der Waals surface area contributed by atoms with E-state index in [1.54, 1.807) is 13.0 Å². The Bertz CT molecular complexity index is 580. The van der Waals surface area contributed by atoms with Gasteiger partial charge in [-0.3, -0.25) is 0 Å². The van der Waals surface area contributed by atoms with E-state index in [-0.39, 0.29) is 0 Å². The van der Waals surface area contributed by atoms with Crippen molar-refractivity contribution < 1.29 is 14.6 Å². The van der Waals surface area contributed by atoms with E-state index in [9.17, 15) is 4.79 Å².